The molecule has 0 radical (unpaired) electrons. The molecule has 2 aliphatic heterocycles. The molecule has 5 heteroatoms. The molecule has 1 amide bonds. The van der Waals surface area contributed by atoms with E-state index in [4.69, 9.17) is 9.47 Å². The molecule has 0 bridgehead atoms. The number of methoxy groups -OCH3 is 1. The smallest absolute Gasteiger partial charge is 0.410 e. The van der Waals surface area contributed by atoms with Crippen LogP contribution in [0.3, 0.4) is 0 Å². The van der Waals surface area contributed by atoms with Gasteiger partial charge in [0.25, 0.3) is 0 Å². The first kappa shape index (κ1) is 12.3. The van der Waals surface area contributed by atoms with E-state index in [-0.39, 0.29) is 18.2 Å². The van der Waals surface area contributed by atoms with Crippen LogP contribution in [0.1, 0.15) is 12.0 Å². The lowest BCUT2D eigenvalue weighted by molar-refractivity contribution is 0.121. The maximum atomic E-state index is 12.0. The summed E-state index contributed by atoms with van der Waals surface area (Å²) >= 11 is 0. The Morgan fingerprint density at radius 2 is 2.32 bits per heavy atom. The summed E-state index contributed by atoms with van der Waals surface area (Å²) in [5.74, 6) is 0.813. The molecule has 2 heterocycles. The van der Waals surface area contributed by atoms with Crippen molar-refractivity contribution in [3.8, 4) is 5.75 Å². The van der Waals surface area contributed by atoms with Crippen LogP contribution < -0.4 is 10.1 Å². The molecule has 1 aromatic rings. The quantitative estimate of drug-likeness (QED) is 0.894. The van der Waals surface area contributed by atoms with Crippen LogP contribution in [0.15, 0.2) is 24.3 Å². The molecule has 0 aromatic heterocycles. The predicted molar refractivity (Wildman–Crippen MR) is 70.1 cm³/mol. The van der Waals surface area contributed by atoms with Crippen molar-refractivity contribution in [2.45, 2.75) is 25.1 Å². The molecule has 102 valence electrons. The number of nitrogens with one attached hydrogen (secondary N) is 1. The van der Waals surface area contributed by atoms with Crippen LogP contribution >= 0.6 is 0 Å². The van der Waals surface area contributed by atoms with Gasteiger partial charge in [-0.05, 0) is 19.0 Å². The second-order valence-electron chi connectivity index (χ2n) is 4.92. The van der Waals surface area contributed by atoms with Gasteiger partial charge >= 0.3 is 6.09 Å². The van der Waals surface area contributed by atoms with Crippen LogP contribution in [-0.2, 0) is 11.3 Å². The number of piperidine rings is 1. The molecule has 5 nitrogen and oxygen atoms in total. The molecule has 0 saturated carbocycles. The second kappa shape index (κ2) is 5.09. The third-order valence-electron chi connectivity index (χ3n) is 3.81. The molecular formula is C14H18N2O3. The van der Waals surface area contributed by atoms with Crippen molar-refractivity contribution >= 4 is 6.09 Å². The number of para-hydroxylation sites is 1. The van der Waals surface area contributed by atoms with Crippen LogP contribution in [0.5, 0.6) is 5.75 Å². The van der Waals surface area contributed by atoms with Crippen molar-refractivity contribution in [1.29, 1.82) is 0 Å². The molecule has 2 atom stereocenters. The number of carbonyl (C=O) groups excluding carboxylic acids is 1. The number of ether oxygens (including phenoxy) is 2. The summed E-state index contributed by atoms with van der Waals surface area (Å²) in [4.78, 5) is 13.8. The number of fused-ring (bicyclic) bond motifs is 1. The Bertz CT molecular complexity index is 478. The maximum Gasteiger partial charge on any atom is 0.410 e. The summed E-state index contributed by atoms with van der Waals surface area (Å²) in [6.45, 7) is 2.23. The summed E-state index contributed by atoms with van der Waals surface area (Å²) in [6, 6.07) is 7.97. The summed E-state index contributed by atoms with van der Waals surface area (Å²) < 4.78 is 10.7. The van der Waals surface area contributed by atoms with E-state index in [1.54, 1.807) is 7.11 Å². The maximum absolute atomic E-state index is 12.0. The lowest BCUT2D eigenvalue weighted by atomic mass is 10.0. The topological polar surface area (TPSA) is 50.8 Å². The predicted octanol–water partition coefficient (Wildman–Crippen LogP) is 1.38. The van der Waals surface area contributed by atoms with Crippen molar-refractivity contribution < 1.29 is 14.3 Å². The number of amides is 1. The first-order valence-electron chi connectivity index (χ1n) is 6.59. The normalized spacial score (nSPS) is 25.9. The Hall–Kier alpha value is -1.75. The zero-order valence-electron chi connectivity index (χ0n) is 11.0. The standard InChI is InChI=1S/C14H18N2O3/c1-18-12-5-3-2-4-10(12)9-16-11-6-7-15-8-13(11)19-14(16)17/h2-5,11,13,15H,6-9H2,1H3. The Kier molecular flexibility index (Phi) is 3.29. The zero-order chi connectivity index (χ0) is 13.2. The Balaban J connectivity index is 1.80. The summed E-state index contributed by atoms with van der Waals surface area (Å²) in [7, 11) is 1.65. The average molecular weight is 262 g/mol. The van der Waals surface area contributed by atoms with Crippen molar-refractivity contribution in [1.82, 2.24) is 10.2 Å². The van der Waals surface area contributed by atoms with Gasteiger partial charge in [-0.1, -0.05) is 18.2 Å². The van der Waals surface area contributed by atoms with Gasteiger partial charge in [0.1, 0.15) is 11.9 Å². The molecule has 2 unspecified atom stereocenters. The van der Waals surface area contributed by atoms with Crippen LogP contribution in [-0.4, -0.2) is 43.3 Å². The van der Waals surface area contributed by atoms with E-state index in [1.807, 2.05) is 29.2 Å². The van der Waals surface area contributed by atoms with Gasteiger partial charge in [-0.25, -0.2) is 4.79 Å². The zero-order valence-corrected chi connectivity index (χ0v) is 11.0. The largest absolute Gasteiger partial charge is 0.496 e. The van der Waals surface area contributed by atoms with E-state index in [0.29, 0.717) is 6.54 Å². The van der Waals surface area contributed by atoms with E-state index < -0.39 is 0 Å². The van der Waals surface area contributed by atoms with Gasteiger partial charge in [0.15, 0.2) is 0 Å². The van der Waals surface area contributed by atoms with E-state index in [0.717, 1.165) is 30.8 Å². The highest BCUT2D eigenvalue weighted by Crippen LogP contribution is 2.28. The van der Waals surface area contributed by atoms with Crippen LogP contribution in [0.25, 0.3) is 0 Å². The second-order valence-corrected chi connectivity index (χ2v) is 4.92. The number of hydrogen-bond donors (Lipinski definition) is 1. The lowest BCUT2D eigenvalue weighted by Crippen LogP contribution is -2.47. The highest BCUT2D eigenvalue weighted by atomic mass is 16.6. The van der Waals surface area contributed by atoms with Gasteiger partial charge in [-0.15, -0.1) is 0 Å². The molecule has 3 rings (SSSR count). The van der Waals surface area contributed by atoms with Crippen LogP contribution in [0.2, 0.25) is 0 Å². The molecule has 1 aromatic carbocycles. The monoisotopic (exact) mass is 262 g/mol. The van der Waals surface area contributed by atoms with Gasteiger partial charge in [0, 0.05) is 12.1 Å². The van der Waals surface area contributed by atoms with Gasteiger partial charge < -0.3 is 14.8 Å². The fraction of sp³-hybridized carbons (Fsp3) is 0.500. The lowest BCUT2D eigenvalue weighted by Gasteiger charge is -2.28. The van der Waals surface area contributed by atoms with E-state index >= 15 is 0 Å². The highest BCUT2D eigenvalue weighted by Gasteiger charge is 2.42. The Morgan fingerprint density at radius 3 is 3.16 bits per heavy atom. The highest BCUT2D eigenvalue weighted by molar-refractivity contribution is 5.71. The summed E-state index contributed by atoms with van der Waals surface area (Å²) in [5.41, 5.74) is 1.01. The fourth-order valence-electron chi connectivity index (χ4n) is 2.82. The third-order valence-corrected chi connectivity index (χ3v) is 3.81. The van der Waals surface area contributed by atoms with E-state index in [2.05, 4.69) is 5.32 Å². The van der Waals surface area contributed by atoms with Crippen LogP contribution in [0, 0.1) is 0 Å². The molecule has 2 fully saturated rings. The third kappa shape index (κ3) is 2.26. The Labute approximate surface area is 112 Å². The Morgan fingerprint density at radius 1 is 1.47 bits per heavy atom. The fourth-order valence-corrected chi connectivity index (χ4v) is 2.82. The molecule has 2 aliphatic rings. The molecule has 19 heavy (non-hydrogen) atoms. The number of benzene rings is 1. The minimum atomic E-state index is -0.218. The number of carbonyl (C=O) groups is 1. The first-order chi connectivity index (χ1) is 9.29. The van der Waals surface area contributed by atoms with Gasteiger partial charge in [0.05, 0.1) is 19.7 Å². The summed E-state index contributed by atoms with van der Waals surface area (Å²) in [5, 5.41) is 3.26. The van der Waals surface area contributed by atoms with Gasteiger partial charge in [-0.2, -0.15) is 0 Å². The SMILES string of the molecule is COc1ccccc1CN1C(=O)OC2CNCCC21. The number of rotatable bonds is 3. The van der Waals surface area contributed by atoms with Crippen molar-refractivity contribution in [2.75, 3.05) is 20.2 Å². The molecular weight excluding hydrogens is 244 g/mol. The minimum absolute atomic E-state index is 0.0176. The van der Waals surface area contributed by atoms with Gasteiger partial charge in [-0.3, -0.25) is 4.90 Å². The average Bonchev–Trinajstić information content (AvgIpc) is 2.76. The molecule has 2 saturated heterocycles. The molecule has 0 aliphatic carbocycles. The molecule has 0 spiro atoms. The van der Waals surface area contributed by atoms with E-state index in [9.17, 15) is 4.79 Å². The van der Waals surface area contributed by atoms with Gasteiger partial charge in [0.2, 0.25) is 0 Å². The first-order valence-corrected chi connectivity index (χ1v) is 6.59. The minimum Gasteiger partial charge on any atom is -0.496 e. The van der Waals surface area contributed by atoms with Crippen molar-refractivity contribution in [3.63, 3.8) is 0 Å². The van der Waals surface area contributed by atoms with Crippen molar-refractivity contribution in [3.05, 3.63) is 29.8 Å². The summed E-state index contributed by atoms with van der Waals surface area (Å²) in [6.07, 6.45) is 0.700. The van der Waals surface area contributed by atoms with E-state index in [1.165, 1.54) is 0 Å². The number of hydrogen-bond acceptors (Lipinski definition) is 4. The van der Waals surface area contributed by atoms with Crippen LogP contribution in [0.4, 0.5) is 4.79 Å². The molecule has 1 N–H and O–H groups in total. The number of nitrogens with zero attached hydrogens (tertiary/aromatic N) is 1. The van der Waals surface area contributed by atoms with Crippen molar-refractivity contribution in [2.24, 2.45) is 0 Å².